The lowest BCUT2D eigenvalue weighted by atomic mass is 10.1. The summed E-state index contributed by atoms with van der Waals surface area (Å²) in [5.41, 5.74) is 1.19. The molecule has 4 heteroatoms. The molecule has 1 atom stereocenters. The molecule has 16 heavy (non-hydrogen) atoms. The van der Waals surface area contributed by atoms with Crippen molar-refractivity contribution in [2.45, 2.75) is 38.8 Å². The van der Waals surface area contributed by atoms with Crippen molar-refractivity contribution in [3.63, 3.8) is 0 Å². The second-order valence-electron chi connectivity index (χ2n) is 4.67. The molecule has 0 aliphatic carbocycles. The van der Waals surface area contributed by atoms with E-state index >= 15 is 0 Å². The molecule has 1 N–H and O–H groups in total. The van der Waals surface area contributed by atoms with Crippen molar-refractivity contribution in [1.82, 2.24) is 15.2 Å². The van der Waals surface area contributed by atoms with Gasteiger partial charge >= 0.3 is 0 Å². The van der Waals surface area contributed by atoms with Gasteiger partial charge in [-0.2, -0.15) is 0 Å². The van der Waals surface area contributed by atoms with Crippen molar-refractivity contribution in [2.24, 2.45) is 0 Å². The van der Waals surface area contributed by atoms with Gasteiger partial charge in [-0.15, -0.1) is 11.3 Å². The normalized spacial score (nSPS) is 23.2. The van der Waals surface area contributed by atoms with E-state index in [1.807, 2.05) is 0 Å². The molecule has 1 unspecified atom stereocenters. The second-order valence-corrected chi connectivity index (χ2v) is 5.73. The van der Waals surface area contributed by atoms with Gasteiger partial charge in [0.2, 0.25) is 0 Å². The lowest BCUT2D eigenvalue weighted by molar-refractivity contribution is 0.343. The molecule has 1 fully saturated rings. The number of hydrogen-bond donors (Lipinski definition) is 1. The molecule has 0 amide bonds. The zero-order chi connectivity index (χ0) is 11.4. The molecular weight excluding hydrogens is 218 g/mol. The van der Waals surface area contributed by atoms with Crippen LogP contribution < -0.4 is 5.32 Å². The highest BCUT2D eigenvalue weighted by molar-refractivity contribution is 7.09. The third-order valence-electron chi connectivity index (χ3n) is 3.19. The maximum Gasteiger partial charge on any atom is 0.0897 e. The van der Waals surface area contributed by atoms with Gasteiger partial charge in [-0.25, -0.2) is 4.98 Å². The Morgan fingerprint density at radius 3 is 3.12 bits per heavy atom. The fourth-order valence-corrected chi connectivity index (χ4v) is 2.80. The van der Waals surface area contributed by atoms with Crippen molar-refractivity contribution in [1.29, 1.82) is 0 Å². The number of rotatable bonds is 3. The SMILES string of the molecule is Cc1nc(CNC2CCCN(C)CC2)cs1. The number of aryl methyl sites for hydroxylation is 1. The number of hydrogen-bond acceptors (Lipinski definition) is 4. The average Bonchev–Trinajstić information content (AvgIpc) is 2.56. The van der Waals surface area contributed by atoms with Crippen LogP contribution in [0.4, 0.5) is 0 Å². The summed E-state index contributed by atoms with van der Waals surface area (Å²) in [6.07, 6.45) is 3.87. The standard InChI is InChI=1S/C12H21N3S/c1-10-14-12(9-16-10)8-13-11-4-3-6-15(2)7-5-11/h9,11,13H,3-8H2,1-2H3. The van der Waals surface area contributed by atoms with E-state index in [0.29, 0.717) is 6.04 Å². The van der Waals surface area contributed by atoms with Gasteiger partial charge in [0.1, 0.15) is 0 Å². The first kappa shape index (κ1) is 12.0. The van der Waals surface area contributed by atoms with Crippen molar-refractivity contribution < 1.29 is 0 Å². The van der Waals surface area contributed by atoms with Crippen LogP contribution in [0.5, 0.6) is 0 Å². The molecule has 0 radical (unpaired) electrons. The van der Waals surface area contributed by atoms with Crippen LogP contribution in [0.3, 0.4) is 0 Å². The monoisotopic (exact) mass is 239 g/mol. The molecule has 0 saturated carbocycles. The van der Waals surface area contributed by atoms with Crippen LogP contribution >= 0.6 is 11.3 Å². The second kappa shape index (κ2) is 5.75. The zero-order valence-corrected chi connectivity index (χ0v) is 11.0. The Morgan fingerprint density at radius 2 is 2.38 bits per heavy atom. The number of likely N-dealkylation sites (tertiary alicyclic amines) is 1. The smallest absolute Gasteiger partial charge is 0.0897 e. The van der Waals surface area contributed by atoms with Gasteiger partial charge in [-0.3, -0.25) is 0 Å². The minimum absolute atomic E-state index is 0.673. The predicted molar refractivity (Wildman–Crippen MR) is 68.8 cm³/mol. The first-order valence-electron chi connectivity index (χ1n) is 6.07. The highest BCUT2D eigenvalue weighted by Gasteiger charge is 2.14. The first-order chi connectivity index (χ1) is 7.74. The first-order valence-corrected chi connectivity index (χ1v) is 6.95. The van der Waals surface area contributed by atoms with Gasteiger partial charge in [0.15, 0.2) is 0 Å². The topological polar surface area (TPSA) is 28.2 Å². The lowest BCUT2D eigenvalue weighted by Gasteiger charge is -2.15. The summed E-state index contributed by atoms with van der Waals surface area (Å²) in [6.45, 7) is 5.45. The van der Waals surface area contributed by atoms with Crippen LogP contribution in [0, 0.1) is 6.92 Å². The predicted octanol–water partition coefficient (Wildman–Crippen LogP) is 2.03. The van der Waals surface area contributed by atoms with Crippen LogP contribution in [0.25, 0.3) is 0 Å². The van der Waals surface area contributed by atoms with Gasteiger partial charge in [-0.1, -0.05) is 0 Å². The van der Waals surface area contributed by atoms with Crippen LogP contribution in [0.2, 0.25) is 0 Å². The molecule has 2 rings (SSSR count). The summed E-state index contributed by atoms with van der Waals surface area (Å²) in [5, 5.41) is 6.95. The quantitative estimate of drug-likeness (QED) is 0.875. The summed E-state index contributed by atoms with van der Waals surface area (Å²) in [4.78, 5) is 6.90. The van der Waals surface area contributed by atoms with E-state index in [9.17, 15) is 0 Å². The molecular formula is C12H21N3S. The Hall–Kier alpha value is -0.450. The Kier molecular flexibility index (Phi) is 4.32. The van der Waals surface area contributed by atoms with Gasteiger partial charge in [-0.05, 0) is 46.3 Å². The van der Waals surface area contributed by atoms with E-state index in [2.05, 4.69) is 34.6 Å². The molecule has 1 aliphatic rings. The fraction of sp³-hybridized carbons (Fsp3) is 0.750. The van der Waals surface area contributed by atoms with E-state index in [4.69, 9.17) is 0 Å². The number of thiazole rings is 1. The number of aromatic nitrogens is 1. The molecule has 1 aromatic rings. The Labute approximate surface area is 102 Å². The molecule has 0 bridgehead atoms. The van der Waals surface area contributed by atoms with E-state index < -0.39 is 0 Å². The number of nitrogens with one attached hydrogen (secondary N) is 1. The van der Waals surface area contributed by atoms with Crippen LogP contribution in [-0.4, -0.2) is 36.1 Å². The highest BCUT2D eigenvalue weighted by Crippen LogP contribution is 2.12. The Bertz CT molecular complexity index is 324. The van der Waals surface area contributed by atoms with Crippen LogP contribution in [0.15, 0.2) is 5.38 Å². The van der Waals surface area contributed by atoms with Gasteiger partial charge in [0, 0.05) is 18.0 Å². The summed E-state index contributed by atoms with van der Waals surface area (Å²) in [7, 11) is 2.21. The summed E-state index contributed by atoms with van der Waals surface area (Å²) >= 11 is 1.74. The van der Waals surface area contributed by atoms with Crippen molar-refractivity contribution in [3.8, 4) is 0 Å². The summed E-state index contributed by atoms with van der Waals surface area (Å²) in [6, 6.07) is 0.673. The molecule has 0 spiro atoms. The molecule has 3 nitrogen and oxygen atoms in total. The van der Waals surface area contributed by atoms with Gasteiger partial charge < -0.3 is 10.2 Å². The average molecular weight is 239 g/mol. The maximum atomic E-state index is 4.48. The fourth-order valence-electron chi connectivity index (χ4n) is 2.18. The van der Waals surface area contributed by atoms with Crippen molar-refractivity contribution >= 4 is 11.3 Å². The van der Waals surface area contributed by atoms with Crippen LogP contribution in [0.1, 0.15) is 30.0 Å². The molecule has 1 saturated heterocycles. The third-order valence-corrected chi connectivity index (χ3v) is 4.01. The Morgan fingerprint density at radius 1 is 1.50 bits per heavy atom. The molecule has 90 valence electrons. The highest BCUT2D eigenvalue weighted by atomic mass is 32.1. The molecule has 2 heterocycles. The largest absolute Gasteiger partial charge is 0.308 e. The third kappa shape index (κ3) is 3.54. The molecule has 1 aliphatic heterocycles. The summed E-state index contributed by atoms with van der Waals surface area (Å²) < 4.78 is 0. The molecule has 0 aromatic carbocycles. The van der Waals surface area contributed by atoms with E-state index in [-0.39, 0.29) is 0 Å². The summed E-state index contributed by atoms with van der Waals surface area (Å²) in [5.74, 6) is 0. The van der Waals surface area contributed by atoms with Gasteiger partial charge in [0.25, 0.3) is 0 Å². The van der Waals surface area contributed by atoms with Crippen molar-refractivity contribution in [3.05, 3.63) is 16.1 Å². The van der Waals surface area contributed by atoms with Crippen molar-refractivity contribution in [2.75, 3.05) is 20.1 Å². The van der Waals surface area contributed by atoms with Crippen LogP contribution in [-0.2, 0) is 6.54 Å². The Balaban J connectivity index is 1.77. The van der Waals surface area contributed by atoms with E-state index in [1.54, 1.807) is 11.3 Å². The minimum atomic E-state index is 0.673. The maximum absolute atomic E-state index is 4.48. The zero-order valence-electron chi connectivity index (χ0n) is 10.2. The van der Waals surface area contributed by atoms with E-state index in [1.165, 1.54) is 38.0 Å². The number of nitrogens with zero attached hydrogens (tertiary/aromatic N) is 2. The lowest BCUT2D eigenvalue weighted by Crippen LogP contribution is -2.29. The molecule has 1 aromatic heterocycles. The van der Waals surface area contributed by atoms with Gasteiger partial charge in [0.05, 0.1) is 10.7 Å². The minimum Gasteiger partial charge on any atom is -0.308 e. The van der Waals surface area contributed by atoms with E-state index in [0.717, 1.165) is 11.6 Å².